The predicted molar refractivity (Wildman–Crippen MR) is 108 cm³/mol. The summed E-state index contributed by atoms with van der Waals surface area (Å²) in [6.45, 7) is 1.63. The van der Waals surface area contributed by atoms with Gasteiger partial charge < -0.3 is 9.64 Å². The molecule has 1 atom stereocenters. The van der Waals surface area contributed by atoms with Crippen molar-refractivity contribution < 1.29 is 14.3 Å². The van der Waals surface area contributed by atoms with Crippen molar-refractivity contribution in [2.24, 2.45) is 0 Å². The fourth-order valence-electron chi connectivity index (χ4n) is 3.27. The summed E-state index contributed by atoms with van der Waals surface area (Å²) in [6.07, 6.45) is 2.85. The normalized spacial score (nSPS) is 18.5. The SMILES string of the molecule is COC(=O)C1C=C(c2ccc(C(=O)N3CCC3)cc2)N(c2ccccc2Cl)N1. The molecule has 4 rings (SSSR count). The van der Waals surface area contributed by atoms with Crippen molar-refractivity contribution >= 4 is 34.9 Å². The maximum atomic E-state index is 12.4. The number of carbonyl (C=O) groups is 2. The van der Waals surface area contributed by atoms with E-state index in [0.29, 0.717) is 10.6 Å². The second kappa shape index (κ2) is 7.66. The number of nitrogens with zero attached hydrogens (tertiary/aromatic N) is 2. The van der Waals surface area contributed by atoms with Gasteiger partial charge in [0.15, 0.2) is 0 Å². The van der Waals surface area contributed by atoms with Crippen LogP contribution in [0.3, 0.4) is 0 Å². The van der Waals surface area contributed by atoms with Crippen molar-refractivity contribution in [3.05, 3.63) is 70.8 Å². The molecule has 0 aliphatic carbocycles. The van der Waals surface area contributed by atoms with Crippen LogP contribution < -0.4 is 10.4 Å². The third-order valence-electron chi connectivity index (χ3n) is 4.95. The maximum absolute atomic E-state index is 12.4. The Bertz CT molecular complexity index is 938. The molecule has 1 amide bonds. The molecule has 28 heavy (non-hydrogen) atoms. The van der Waals surface area contributed by atoms with Gasteiger partial charge in [-0.2, -0.15) is 0 Å². The van der Waals surface area contributed by atoms with E-state index >= 15 is 0 Å². The van der Waals surface area contributed by atoms with Gasteiger partial charge in [-0.1, -0.05) is 35.9 Å². The zero-order chi connectivity index (χ0) is 19.7. The van der Waals surface area contributed by atoms with Crippen LogP contribution in [0.15, 0.2) is 54.6 Å². The summed E-state index contributed by atoms with van der Waals surface area (Å²) in [6, 6.07) is 14.1. The van der Waals surface area contributed by atoms with Crippen LogP contribution in [-0.2, 0) is 9.53 Å². The molecule has 2 aliphatic heterocycles. The number of ether oxygens (including phenoxy) is 1. The highest BCUT2D eigenvalue weighted by Crippen LogP contribution is 2.34. The van der Waals surface area contributed by atoms with Gasteiger partial charge in [0.05, 0.1) is 23.5 Å². The molecule has 7 heteroatoms. The average molecular weight is 398 g/mol. The molecule has 2 heterocycles. The summed E-state index contributed by atoms with van der Waals surface area (Å²) in [7, 11) is 1.35. The van der Waals surface area contributed by atoms with Gasteiger partial charge in [0.2, 0.25) is 0 Å². The Hall–Kier alpha value is -2.83. The van der Waals surface area contributed by atoms with E-state index < -0.39 is 12.0 Å². The first kappa shape index (κ1) is 18.5. The molecule has 0 bridgehead atoms. The van der Waals surface area contributed by atoms with Crippen LogP contribution in [0.5, 0.6) is 0 Å². The Balaban J connectivity index is 1.66. The van der Waals surface area contributed by atoms with Crippen LogP contribution in [0.1, 0.15) is 22.3 Å². The topological polar surface area (TPSA) is 61.9 Å². The summed E-state index contributed by atoms with van der Waals surface area (Å²) in [5.41, 5.74) is 6.14. The number of amides is 1. The first-order valence-corrected chi connectivity index (χ1v) is 9.46. The molecular weight excluding hydrogens is 378 g/mol. The molecule has 144 valence electrons. The minimum Gasteiger partial charge on any atom is -0.468 e. The third-order valence-corrected chi connectivity index (χ3v) is 5.27. The first-order chi connectivity index (χ1) is 13.6. The van der Waals surface area contributed by atoms with E-state index in [-0.39, 0.29) is 5.91 Å². The number of hydrogen-bond acceptors (Lipinski definition) is 5. The zero-order valence-electron chi connectivity index (χ0n) is 15.4. The van der Waals surface area contributed by atoms with Gasteiger partial charge in [-0.15, -0.1) is 0 Å². The zero-order valence-corrected chi connectivity index (χ0v) is 16.1. The summed E-state index contributed by atoms with van der Waals surface area (Å²) in [4.78, 5) is 26.3. The lowest BCUT2D eigenvalue weighted by Crippen LogP contribution is -2.42. The van der Waals surface area contributed by atoms with Gasteiger partial charge in [0.1, 0.15) is 6.04 Å². The molecule has 0 aromatic heterocycles. The van der Waals surface area contributed by atoms with Crippen LogP contribution in [0.2, 0.25) is 5.02 Å². The standard InChI is InChI=1S/C21H20ClN3O3/c1-28-21(27)17-13-19(25(23-17)18-6-3-2-5-16(18)22)14-7-9-15(10-8-14)20(26)24-11-4-12-24/h2-3,5-10,13,17,23H,4,11-12H2,1H3. The highest BCUT2D eigenvalue weighted by Gasteiger charge is 2.31. The summed E-state index contributed by atoms with van der Waals surface area (Å²) < 4.78 is 4.87. The van der Waals surface area contributed by atoms with Crippen molar-refractivity contribution in [2.45, 2.75) is 12.5 Å². The Morgan fingerprint density at radius 3 is 2.43 bits per heavy atom. The second-order valence-corrected chi connectivity index (χ2v) is 7.10. The number of anilines is 1. The van der Waals surface area contributed by atoms with Gasteiger partial charge in [0.25, 0.3) is 5.91 Å². The lowest BCUT2D eigenvalue weighted by molar-refractivity contribution is -0.141. The quantitative estimate of drug-likeness (QED) is 0.803. The number of methoxy groups -OCH3 is 1. The van der Waals surface area contributed by atoms with Crippen LogP contribution in [-0.4, -0.2) is 43.0 Å². The lowest BCUT2D eigenvalue weighted by atomic mass is 10.1. The lowest BCUT2D eigenvalue weighted by Gasteiger charge is -2.31. The molecule has 1 N–H and O–H groups in total. The number of likely N-dealkylation sites (tertiary alicyclic amines) is 1. The molecule has 1 fully saturated rings. The van der Waals surface area contributed by atoms with Crippen LogP contribution in [0.4, 0.5) is 5.69 Å². The average Bonchev–Trinajstić information content (AvgIpc) is 3.11. The molecule has 1 saturated heterocycles. The van der Waals surface area contributed by atoms with Gasteiger partial charge >= 0.3 is 5.97 Å². The highest BCUT2D eigenvalue weighted by molar-refractivity contribution is 6.33. The minimum absolute atomic E-state index is 0.0479. The van der Waals surface area contributed by atoms with Crippen LogP contribution in [0, 0.1) is 0 Å². The van der Waals surface area contributed by atoms with Gasteiger partial charge in [-0.25, -0.2) is 10.2 Å². The van der Waals surface area contributed by atoms with Gasteiger partial charge in [-0.05, 0) is 42.3 Å². The molecule has 2 aliphatic rings. The monoisotopic (exact) mass is 397 g/mol. The van der Waals surface area contributed by atoms with E-state index in [0.717, 1.165) is 36.5 Å². The largest absolute Gasteiger partial charge is 0.468 e. The fraction of sp³-hybridized carbons (Fsp3) is 0.238. The molecule has 0 radical (unpaired) electrons. The molecule has 2 aromatic carbocycles. The molecule has 0 spiro atoms. The third kappa shape index (κ3) is 3.37. The number of benzene rings is 2. The number of para-hydroxylation sites is 1. The molecular formula is C21H20ClN3O3. The summed E-state index contributed by atoms with van der Waals surface area (Å²) >= 11 is 6.37. The summed E-state index contributed by atoms with van der Waals surface area (Å²) in [5, 5.41) is 2.33. The van der Waals surface area contributed by atoms with Crippen molar-refractivity contribution in [3.8, 4) is 0 Å². The van der Waals surface area contributed by atoms with E-state index in [1.54, 1.807) is 17.2 Å². The van der Waals surface area contributed by atoms with E-state index in [9.17, 15) is 9.59 Å². The number of hydrazine groups is 1. The number of rotatable bonds is 4. The van der Waals surface area contributed by atoms with Crippen molar-refractivity contribution in [3.63, 3.8) is 0 Å². The van der Waals surface area contributed by atoms with E-state index in [1.165, 1.54) is 7.11 Å². The number of hydrogen-bond donors (Lipinski definition) is 1. The van der Waals surface area contributed by atoms with Gasteiger partial charge in [-0.3, -0.25) is 9.80 Å². The van der Waals surface area contributed by atoms with Crippen LogP contribution in [0.25, 0.3) is 5.70 Å². The predicted octanol–water partition coefficient (Wildman–Crippen LogP) is 3.09. The highest BCUT2D eigenvalue weighted by atomic mass is 35.5. The fourth-order valence-corrected chi connectivity index (χ4v) is 3.49. The first-order valence-electron chi connectivity index (χ1n) is 9.08. The smallest absolute Gasteiger partial charge is 0.328 e. The van der Waals surface area contributed by atoms with Gasteiger partial charge in [0, 0.05) is 18.7 Å². The molecule has 2 aromatic rings. The Labute approximate surface area is 168 Å². The maximum Gasteiger partial charge on any atom is 0.328 e. The molecule has 1 unspecified atom stereocenters. The summed E-state index contributed by atoms with van der Waals surface area (Å²) in [5.74, 6) is -0.344. The molecule has 0 saturated carbocycles. The van der Waals surface area contributed by atoms with E-state index in [1.807, 2.05) is 47.4 Å². The number of nitrogens with one attached hydrogen (secondary N) is 1. The van der Waals surface area contributed by atoms with E-state index in [2.05, 4.69) is 5.43 Å². The number of esters is 1. The van der Waals surface area contributed by atoms with Crippen molar-refractivity contribution in [1.29, 1.82) is 0 Å². The number of halogens is 1. The second-order valence-electron chi connectivity index (χ2n) is 6.69. The van der Waals surface area contributed by atoms with Crippen molar-refractivity contribution in [2.75, 3.05) is 25.2 Å². The number of carbonyl (C=O) groups excluding carboxylic acids is 2. The van der Waals surface area contributed by atoms with Crippen LogP contribution >= 0.6 is 11.6 Å². The Morgan fingerprint density at radius 2 is 1.82 bits per heavy atom. The van der Waals surface area contributed by atoms with E-state index in [4.69, 9.17) is 16.3 Å². The molecule has 6 nitrogen and oxygen atoms in total. The Kier molecular flexibility index (Phi) is 5.07. The Morgan fingerprint density at radius 1 is 1.11 bits per heavy atom. The minimum atomic E-state index is -0.626. The van der Waals surface area contributed by atoms with Crippen molar-refractivity contribution in [1.82, 2.24) is 10.3 Å².